The van der Waals surface area contributed by atoms with Gasteiger partial charge in [0.05, 0.1) is 18.8 Å². The van der Waals surface area contributed by atoms with Crippen molar-refractivity contribution in [2.24, 2.45) is 0 Å². The normalized spacial score (nSPS) is 13.2. The molecule has 0 aliphatic carbocycles. The molecule has 63 heavy (non-hydrogen) atoms. The van der Waals surface area contributed by atoms with Crippen LogP contribution in [-0.4, -0.2) is 46.1 Å². The Bertz CT molecular complexity index is 853. The summed E-state index contributed by atoms with van der Waals surface area (Å²) in [5.41, 5.74) is 0. The lowest BCUT2D eigenvalue weighted by Gasteiger charge is -2.23. The smallest absolute Gasteiger partial charge is 0.249 e. The van der Waals surface area contributed by atoms with E-state index < -0.39 is 24.2 Å². The number of unbranched alkanes of at least 4 members (excludes halogenated alkanes) is 47. The summed E-state index contributed by atoms with van der Waals surface area (Å²) in [5, 5.41) is 33.6. The molecule has 1 amide bonds. The maximum absolute atomic E-state index is 12.6. The first-order valence-corrected chi connectivity index (χ1v) is 29.3. The van der Waals surface area contributed by atoms with E-state index in [0.29, 0.717) is 12.8 Å². The molecule has 0 aromatic heterocycles. The van der Waals surface area contributed by atoms with E-state index in [1.807, 2.05) is 0 Å². The molecule has 378 valence electrons. The van der Waals surface area contributed by atoms with E-state index in [4.69, 9.17) is 0 Å². The number of aliphatic hydroxyl groups excluding tert-OH is 3. The highest BCUT2D eigenvalue weighted by Gasteiger charge is 2.23. The molecule has 3 unspecified atom stereocenters. The van der Waals surface area contributed by atoms with Crippen molar-refractivity contribution in [1.29, 1.82) is 0 Å². The molecule has 5 heteroatoms. The van der Waals surface area contributed by atoms with Crippen LogP contribution in [0.5, 0.6) is 0 Å². The van der Waals surface area contributed by atoms with E-state index in [1.165, 1.54) is 283 Å². The Labute approximate surface area is 396 Å². The van der Waals surface area contributed by atoms with Crippen molar-refractivity contribution in [3.8, 4) is 0 Å². The molecular formula is C58H117NO4. The second-order valence-electron chi connectivity index (χ2n) is 20.6. The van der Waals surface area contributed by atoms with Crippen LogP contribution in [-0.2, 0) is 4.79 Å². The second kappa shape index (κ2) is 54.0. The highest BCUT2D eigenvalue weighted by molar-refractivity contribution is 5.80. The lowest BCUT2D eigenvalue weighted by molar-refractivity contribution is -0.131. The molecule has 4 N–H and O–H groups in total. The molecule has 0 aliphatic rings. The summed E-state index contributed by atoms with van der Waals surface area (Å²) in [7, 11) is 0. The Balaban J connectivity index is 3.48. The molecule has 0 bridgehead atoms. The molecule has 0 saturated carbocycles. The van der Waals surface area contributed by atoms with Gasteiger partial charge in [-0.05, 0) is 12.8 Å². The van der Waals surface area contributed by atoms with Gasteiger partial charge < -0.3 is 20.6 Å². The first-order chi connectivity index (χ1) is 31.1. The predicted molar refractivity (Wildman–Crippen MR) is 278 cm³/mol. The van der Waals surface area contributed by atoms with E-state index in [-0.39, 0.29) is 6.61 Å². The van der Waals surface area contributed by atoms with Gasteiger partial charge >= 0.3 is 0 Å². The first kappa shape index (κ1) is 62.4. The monoisotopic (exact) mass is 892 g/mol. The summed E-state index contributed by atoms with van der Waals surface area (Å²) in [5.74, 6) is -0.461. The lowest BCUT2D eigenvalue weighted by atomic mass is 10.0. The Morgan fingerprint density at radius 2 is 0.508 bits per heavy atom. The number of carbonyl (C=O) groups excluding carboxylic acids is 1. The number of hydrogen-bond acceptors (Lipinski definition) is 4. The van der Waals surface area contributed by atoms with Crippen LogP contribution in [0.1, 0.15) is 341 Å². The molecule has 0 aliphatic heterocycles. The third-order valence-corrected chi connectivity index (χ3v) is 14.2. The maximum atomic E-state index is 12.6. The van der Waals surface area contributed by atoms with Gasteiger partial charge in [-0.2, -0.15) is 0 Å². The van der Waals surface area contributed by atoms with Crippen LogP contribution in [0.25, 0.3) is 0 Å². The van der Waals surface area contributed by atoms with E-state index in [9.17, 15) is 20.1 Å². The van der Waals surface area contributed by atoms with Gasteiger partial charge in [0.1, 0.15) is 6.10 Å². The molecule has 0 rings (SSSR count). The minimum atomic E-state index is -1.07. The van der Waals surface area contributed by atoms with Crippen molar-refractivity contribution in [3.05, 3.63) is 0 Å². The van der Waals surface area contributed by atoms with Crippen LogP contribution >= 0.6 is 0 Å². The van der Waals surface area contributed by atoms with Gasteiger partial charge in [-0.15, -0.1) is 0 Å². The van der Waals surface area contributed by atoms with Crippen molar-refractivity contribution < 1.29 is 20.1 Å². The number of rotatable bonds is 55. The summed E-state index contributed by atoms with van der Waals surface area (Å²) < 4.78 is 0. The van der Waals surface area contributed by atoms with Crippen LogP contribution in [0.3, 0.4) is 0 Å². The molecule has 0 fully saturated rings. The molecule has 0 heterocycles. The minimum absolute atomic E-state index is 0.307. The first-order valence-electron chi connectivity index (χ1n) is 29.3. The molecule has 3 atom stereocenters. The molecule has 0 saturated heterocycles. The number of amides is 1. The van der Waals surface area contributed by atoms with Gasteiger partial charge in [-0.3, -0.25) is 4.79 Å². The highest BCUT2D eigenvalue weighted by Crippen LogP contribution is 2.19. The molecule has 0 aromatic carbocycles. The number of aliphatic hydroxyl groups is 3. The fourth-order valence-corrected chi connectivity index (χ4v) is 9.67. The van der Waals surface area contributed by atoms with Crippen LogP contribution in [0, 0.1) is 0 Å². The van der Waals surface area contributed by atoms with E-state index in [1.54, 1.807) is 0 Å². The van der Waals surface area contributed by atoms with Gasteiger partial charge in [0, 0.05) is 0 Å². The van der Waals surface area contributed by atoms with E-state index in [2.05, 4.69) is 19.2 Å². The van der Waals surface area contributed by atoms with Crippen LogP contribution in [0.15, 0.2) is 0 Å². The van der Waals surface area contributed by atoms with Crippen LogP contribution in [0.4, 0.5) is 0 Å². The molecule has 0 aromatic rings. The van der Waals surface area contributed by atoms with Crippen molar-refractivity contribution >= 4 is 5.91 Å². The average molecular weight is 893 g/mol. The van der Waals surface area contributed by atoms with E-state index in [0.717, 1.165) is 32.1 Å². The quantitative estimate of drug-likeness (QED) is 0.0458. The van der Waals surface area contributed by atoms with Gasteiger partial charge in [0.2, 0.25) is 5.91 Å². The Kier molecular flexibility index (Phi) is 53.4. The Morgan fingerprint density at radius 3 is 0.714 bits per heavy atom. The minimum Gasteiger partial charge on any atom is -0.394 e. The van der Waals surface area contributed by atoms with E-state index >= 15 is 0 Å². The van der Waals surface area contributed by atoms with Gasteiger partial charge in [-0.1, -0.05) is 328 Å². The standard InChI is InChI=1S/C58H117NO4/c1-3-5-7-9-11-13-15-17-19-21-23-25-27-29-31-32-34-36-38-40-42-44-46-48-50-52-56(61)55(54-60)59-58(63)57(62)53-51-49-47-45-43-41-39-37-35-33-30-28-26-24-22-20-18-16-14-12-10-8-6-4-2/h55-57,60-62H,3-54H2,1-2H3,(H,59,63). The Morgan fingerprint density at radius 1 is 0.317 bits per heavy atom. The molecular weight excluding hydrogens is 775 g/mol. The lowest BCUT2D eigenvalue weighted by Crippen LogP contribution is -2.49. The zero-order valence-corrected chi connectivity index (χ0v) is 43.3. The summed E-state index contributed by atoms with van der Waals surface area (Å²) in [6, 6.07) is -0.708. The molecule has 0 radical (unpaired) electrons. The second-order valence-corrected chi connectivity index (χ2v) is 20.6. The van der Waals surface area contributed by atoms with Crippen LogP contribution < -0.4 is 5.32 Å². The van der Waals surface area contributed by atoms with Crippen molar-refractivity contribution in [2.45, 2.75) is 360 Å². The van der Waals surface area contributed by atoms with Gasteiger partial charge in [-0.25, -0.2) is 0 Å². The van der Waals surface area contributed by atoms with Gasteiger partial charge in [0.25, 0.3) is 0 Å². The SMILES string of the molecule is CCCCCCCCCCCCCCCCCCCCCCCCCCCC(O)C(CO)NC(=O)C(O)CCCCCCCCCCCCCCCCCCCCCCCCCC. The zero-order valence-electron chi connectivity index (χ0n) is 43.3. The summed E-state index contributed by atoms with van der Waals surface area (Å²) >= 11 is 0. The molecule has 0 spiro atoms. The maximum Gasteiger partial charge on any atom is 0.249 e. The van der Waals surface area contributed by atoms with Gasteiger partial charge in [0.15, 0.2) is 0 Å². The number of carbonyl (C=O) groups is 1. The largest absolute Gasteiger partial charge is 0.394 e. The van der Waals surface area contributed by atoms with Crippen molar-refractivity contribution in [3.63, 3.8) is 0 Å². The summed E-state index contributed by atoms with van der Waals surface area (Å²) in [6.45, 7) is 4.28. The van der Waals surface area contributed by atoms with Crippen molar-refractivity contribution in [2.75, 3.05) is 6.61 Å². The van der Waals surface area contributed by atoms with Crippen molar-refractivity contribution in [1.82, 2.24) is 5.32 Å². The third-order valence-electron chi connectivity index (χ3n) is 14.2. The number of hydrogen-bond donors (Lipinski definition) is 4. The molecule has 5 nitrogen and oxygen atoms in total. The fourth-order valence-electron chi connectivity index (χ4n) is 9.67. The summed E-state index contributed by atoms with van der Waals surface area (Å²) in [4.78, 5) is 12.6. The average Bonchev–Trinajstić information content (AvgIpc) is 3.29. The predicted octanol–water partition coefficient (Wildman–Crippen LogP) is 18.1. The third kappa shape index (κ3) is 49.1. The summed E-state index contributed by atoms with van der Waals surface area (Å²) in [6.07, 6.45) is 65.9. The fraction of sp³-hybridized carbons (Fsp3) is 0.983. The number of nitrogens with one attached hydrogen (secondary N) is 1. The van der Waals surface area contributed by atoms with Crippen LogP contribution in [0.2, 0.25) is 0 Å². The topological polar surface area (TPSA) is 89.8 Å². The highest BCUT2D eigenvalue weighted by atomic mass is 16.3. The Hall–Kier alpha value is -0.650. The zero-order chi connectivity index (χ0) is 45.8.